The smallest absolute Gasteiger partial charge is 0.370 e. The molecular weight excluding hydrogens is 395 g/mol. The molecular formula is C11H13F3NO6S3+. The number of hydrogen-bond donors (Lipinski definition) is 1. The second-order valence-corrected chi connectivity index (χ2v) is 10.1. The lowest BCUT2D eigenvalue weighted by Crippen LogP contribution is -2.42. The predicted molar refractivity (Wildman–Crippen MR) is 82.5 cm³/mol. The summed E-state index contributed by atoms with van der Waals surface area (Å²) in [6.45, 7) is 0. The Kier molecular flexibility index (Phi) is 6.30. The van der Waals surface area contributed by atoms with E-state index in [0.717, 1.165) is 12.1 Å². The molecule has 1 rings (SSSR count). The van der Waals surface area contributed by atoms with Crippen LogP contribution in [0.3, 0.4) is 0 Å². The Labute approximate surface area is 139 Å². The first-order chi connectivity index (χ1) is 10.7. The summed E-state index contributed by atoms with van der Waals surface area (Å²) in [5.74, 6) is -0.372. The normalized spacial score (nSPS) is 13.1. The van der Waals surface area contributed by atoms with Gasteiger partial charge in [0.2, 0.25) is 5.78 Å². The first-order valence-electron chi connectivity index (χ1n) is 5.95. The number of Topliss-reactive ketones (excluding diaryl/α,β-unsaturated/α-hetero) is 1. The summed E-state index contributed by atoms with van der Waals surface area (Å²) in [6, 6.07) is 4.49. The highest BCUT2D eigenvalue weighted by molar-refractivity contribution is 8.03. The van der Waals surface area contributed by atoms with Crippen LogP contribution in [0.15, 0.2) is 24.3 Å². The molecule has 0 aliphatic heterocycles. The summed E-state index contributed by atoms with van der Waals surface area (Å²) in [6.07, 6.45) is 3.71. The zero-order valence-corrected chi connectivity index (χ0v) is 14.8. The van der Waals surface area contributed by atoms with Crippen molar-refractivity contribution in [1.29, 1.82) is 0 Å². The van der Waals surface area contributed by atoms with E-state index >= 15 is 0 Å². The van der Waals surface area contributed by atoms with Crippen molar-refractivity contribution in [3.05, 3.63) is 29.8 Å². The average Bonchev–Trinajstić information content (AvgIpc) is 2.35. The molecule has 0 atom stereocenters. The highest BCUT2D eigenvalue weighted by atomic mass is 32.3. The molecule has 0 fully saturated rings. The maximum Gasteiger partial charge on any atom is 0.512 e. The third-order valence-electron chi connectivity index (χ3n) is 2.32. The van der Waals surface area contributed by atoms with Gasteiger partial charge in [0.15, 0.2) is 5.75 Å². The van der Waals surface area contributed by atoms with E-state index < -0.39 is 31.6 Å². The van der Waals surface area contributed by atoms with E-state index in [1.807, 2.05) is 12.5 Å². The molecule has 1 aromatic rings. The largest absolute Gasteiger partial charge is 0.512 e. The van der Waals surface area contributed by atoms with Gasteiger partial charge >= 0.3 is 25.8 Å². The molecule has 0 aliphatic rings. The third-order valence-corrected chi connectivity index (χ3v) is 5.87. The molecule has 0 aromatic heterocycles. The number of carbonyl (C=O) groups is 1. The number of hydrogen-bond acceptors (Lipinski definition) is 6. The Morgan fingerprint density at radius 3 is 2.04 bits per heavy atom. The second kappa shape index (κ2) is 7.29. The number of carbonyl (C=O) groups excluding carboxylic acids is 1. The van der Waals surface area contributed by atoms with E-state index in [4.69, 9.17) is 0 Å². The van der Waals surface area contributed by atoms with Crippen molar-refractivity contribution in [2.75, 3.05) is 18.3 Å². The fourth-order valence-electron chi connectivity index (χ4n) is 1.37. The molecule has 0 radical (unpaired) electrons. The minimum atomic E-state index is -6.13. The topological polar surface area (TPSA) is 107 Å². The van der Waals surface area contributed by atoms with Crippen LogP contribution in [0.2, 0.25) is 0 Å². The van der Waals surface area contributed by atoms with Gasteiger partial charge in [-0.25, -0.2) is 8.42 Å². The van der Waals surface area contributed by atoms with Crippen LogP contribution in [0.5, 0.6) is 5.75 Å². The lowest BCUT2D eigenvalue weighted by molar-refractivity contribution is -0.0442. The van der Waals surface area contributed by atoms with Crippen LogP contribution < -0.4 is 8.31 Å². The lowest BCUT2D eigenvalue weighted by atomic mass is 10.1. The minimum absolute atomic E-state index is 0.147. The molecule has 1 aromatic carbocycles. The van der Waals surface area contributed by atoms with Crippen LogP contribution in [0.25, 0.3) is 0 Å². The standard InChI is InChI=1S/C11H13F3NO6S3/c1-22(2)7-10(16)8-3-5-9(6-4-8)21-24(19,20)15-23(17,18)11(12,13)14/h3-6,15H,7H2,1-2H3/q+1. The zero-order chi connectivity index (χ0) is 18.8. The van der Waals surface area contributed by atoms with Crippen LogP contribution >= 0.6 is 0 Å². The Hall–Kier alpha value is -1.31. The summed E-state index contributed by atoms with van der Waals surface area (Å²) in [4.78, 5) is 11.8. The van der Waals surface area contributed by atoms with Crippen LogP contribution in [0, 0.1) is 0 Å². The molecule has 7 nitrogen and oxygen atoms in total. The van der Waals surface area contributed by atoms with Gasteiger partial charge in [-0.3, -0.25) is 4.79 Å². The van der Waals surface area contributed by atoms with Gasteiger partial charge in [-0.05, 0) is 35.2 Å². The summed E-state index contributed by atoms with van der Waals surface area (Å²) in [5.41, 5.74) is -5.55. The molecule has 0 spiro atoms. The maximum absolute atomic E-state index is 12.1. The molecule has 0 saturated heterocycles. The van der Waals surface area contributed by atoms with Gasteiger partial charge in [0.25, 0.3) is 0 Å². The SMILES string of the molecule is C[S+](C)CC(=O)c1ccc(OS(=O)(=O)NS(=O)(=O)C(F)(F)F)cc1. The fourth-order valence-corrected chi connectivity index (χ4v) is 4.01. The Balaban J connectivity index is 2.88. The number of sulfonamides is 1. The van der Waals surface area contributed by atoms with Gasteiger partial charge in [0.05, 0.1) is 12.5 Å². The summed E-state index contributed by atoms with van der Waals surface area (Å²) in [5, 5.41) is 0. The van der Waals surface area contributed by atoms with Gasteiger partial charge in [-0.15, -0.1) is 0 Å². The van der Waals surface area contributed by atoms with Crippen molar-refractivity contribution >= 4 is 37.0 Å². The number of nitrogens with one attached hydrogen (secondary N) is 1. The van der Waals surface area contributed by atoms with Gasteiger partial charge in [0, 0.05) is 5.56 Å². The fraction of sp³-hybridized carbons (Fsp3) is 0.364. The molecule has 13 heteroatoms. The number of benzene rings is 1. The van der Waals surface area contributed by atoms with Crippen LogP contribution in [-0.2, 0) is 31.2 Å². The van der Waals surface area contributed by atoms with E-state index in [1.54, 1.807) is 0 Å². The Bertz CT molecular complexity index is 800. The molecule has 0 saturated carbocycles. The number of rotatable bonds is 7. The van der Waals surface area contributed by atoms with Gasteiger partial charge in [-0.2, -0.15) is 21.6 Å². The van der Waals surface area contributed by atoms with Crippen molar-refractivity contribution < 1.29 is 39.0 Å². The van der Waals surface area contributed by atoms with Crippen molar-refractivity contribution in [1.82, 2.24) is 4.13 Å². The molecule has 1 N–H and O–H groups in total. The summed E-state index contributed by atoms with van der Waals surface area (Å²) in [7, 11) is -11.5. The predicted octanol–water partition coefficient (Wildman–Crippen LogP) is 0.810. The van der Waals surface area contributed by atoms with Gasteiger partial charge in [0.1, 0.15) is 5.75 Å². The van der Waals surface area contributed by atoms with Crippen molar-refractivity contribution in [3.8, 4) is 5.75 Å². The van der Waals surface area contributed by atoms with Crippen molar-refractivity contribution in [2.24, 2.45) is 0 Å². The van der Waals surface area contributed by atoms with E-state index in [1.165, 1.54) is 12.1 Å². The van der Waals surface area contributed by atoms with E-state index in [9.17, 15) is 34.8 Å². The molecule has 0 bridgehead atoms. The first-order valence-corrected chi connectivity index (χ1v) is 11.1. The molecule has 0 heterocycles. The van der Waals surface area contributed by atoms with E-state index in [2.05, 4.69) is 4.18 Å². The van der Waals surface area contributed by atoms with E-state index in [0.29, 0.717) is 4.13 Å². The summed E-state index contributed by atoms with van der Waals surface area (Å²) < 4.78 is 85.3. The Morgan fingerprint density at radius 1 is 1.12 bits per heavy atom. The van der Waals surface area contributed by atoms with Crippen LogP contribution in [0.4, 0.5) is 13.2 Å². The second-order valence-electron chi connectivity index (χ2n) is 4.65. The quantitative estimate of drug-likeness (QED) is 0.529. The van der Waals surface area contributed by atoms with Crippen molar-refractivity contribution in [2.45, 2.75) is 5.51 Å². The number of alkyl halides is 3. The van der Waals surface area contributed by atoms with Gasteiger partial charge < -0.3 is 4.18 Å². The molecule has 0 aliphatic carbocycles. The number of ketones is 1. The Morgan fingerprint density at radius 2 is 1.62 bits per heavy atom. The minimum Gasteiger partial charge on any atom is -0.370 e. The average molecular weight is 408 g/mol. The maximum atomic E-state index is 12.1. The van der Waals surface area contributed by atoms with Crippen LogP contribution in [0.1, 0.15) is 10.4 Å². The highest BCUT2D eigenvalue weighted by Gasteiger charge is 2.48. The van der Waals surface area contributed by atoms with Crippen LogP contribution in [-0.4, -0.2) is 46.4 Å². The monoisotopic (exact) mass is 408 g/mol. The third kappa shape index (κ3) is 5.96. The molecule has 0 unspecified atom stereocenters. The highest BCUT2D eigenvalue weighted by Crippen LogP contribution is 2.23. The van der Waals surface area contributed by atoms with Gasteiger partial charge in [-0.1, -0.05) is 4.13 Å². The molecule has 24 heavy (non-hydrogen) atoms. The zero-order valence-electron chi connectivity index (χ0n) is 12.3. The molecule has 0 amide bonds. The number of halogens is 3. The molecule has 136 valence electrons. The van der Waals surface area contributed by atoms with Crippen molar-refractivity contribution in [3.63, 3.8) is 0 Å². The lowest BCUT2D eigenvalue weighted by Gasteiger charge is -2.10. The van der Waals surface area contributed by atoms with E-state index in [-0.39, 0.29) is 28.0 Å². The summed E-state index contributed by atoms with van der Waals surface area (Å²) >= 11 is 0. The first kappa shape index (κ1) is 20.7.